The maximum atomic E-state index is 12.7. The Balaban J connectivity index is 1.48. The summed E-state index contributed by atoms with van der Waals surface area (Å²) >= 11 is 5.90. The van der Waals surface area contributed by atoms with Crippen molar-refractivity contribution in [1.82, 2.24) is 14.8 Å². The number of aromatic nitrogens is 1. The predicted molar refractivity (Wildman–Crippen MR) is 109 cm³/mol. The molecule has 3 amide bonds. The number of pyridine rings is 1. The van der Waals surface area contributed by atoms with Crippen LogP contribution < -0.4 is 10.2 Å². The number of anilines is 2. The van der Waals surface area contributed by atoms with E-state index in [9.17, 15) is 9.59 Å². The van der Waals surface area contributed by atoms with E-state index in [2.05, 4.69) is 15.2 Å². The summed E-state index contributed by atoms with van der Waals surface area (Å²) in [6.07, 6.45) is 4.21. The zero-order valence-electron chi connectivity index (χ0n) is 15.6. The van der Waals surface area contributed by atoms with Crippen LogP contribution in [-0.2, 0) is 4.79 Å². The normalized spacial score (nSPS) is 22.7. The molecular formula is C20H22ClN5O2. The zero-order chi connectivity index (χ0) is 19.7. The number of halogens is 1. The Bertz CT molecular complexity index is 876. The van der Waals surface area contributed by atoms with Crippen molar-refractivity contribution in [3.05, 3.63) is 53.8 Å². The topological polar surface area (TPSA) is 68.8 Å². The second-order valence-corrected chi connectivity index (χ2v) is 7.82. The first-order valence-corrected chi connectivity index (χ1v) is 9.58. The van der Waals surface area contributed by atoms with E-state index in [0.717, 1.165) is 12.1 Å². The number of benzene rings is 1. The van der Waals surface area contributed by atoms with Gasteiger partial charge in [-0.3, -0.25) is 14.7 Å². The van der Waals surface area contributed by atoms with Crippen molar-refractivity contribution in [2.45, 2.75) is 12.0 Å². The molecule has 1 aromatic carbocycles. The zero-order valence-corrected chi connectivity index (χ0v) is 16.4. The first-order chi connectivity index (χ1) is 13.5. The maximum absolute atomic E-state index is 12.7. The third-order valence-corrected chi connectivity index (χ3v) is 5.86. The highest BCUT2D eigenvalue weighted by Crippen LogP contribution is 2.33. The molecule has 28 heavy (non-hydrogen) atoms. The lowest BCUT2D eigenvalue weighted by Gasteiger charge is -2.46. The number of rotatable bonds is 2. The van der Waals surface area contributed by atoms with Gasteiger partial charge in [-0.2, -0.15) is 0 Å². The van der Waals surface area contributed by atoms with Gasteiger partial charge in [0, 0.05) is 36.5 Å². The van der Waals surface area contributed by atoms with Gasteiger partial charge in [0.25, 0.3) is 0 Å². The van der Waals surface area contributed by atoms with Crippen LogP contribution in [0.25, 0.3) is 0 Å². The number of amides is 3. The summed E-state index contributed by atoms with van der Waals surface area (Å²) in [5.74, 6) is 0.0465. The Kier molecular flexibility index (Phi) is 4.95. The fraction of sp³-hybridized carbons (Fsp3) is 0.350. The van der Waals surface area contributed by atoms with Gasteiger partial charge >= 0.3 is 6.03 Å². The number of likely N-dealkylation sites (N-methyl/N-ethyl adjacent to an activating group) is 1. The van der Waals surface area contributed by atoms with Crippen LogP contribution in [0.3, 0.4) is 0 Å². The summed E-state index contributed by atoms with van der Waals surface area (Å²) in [5, 5.41) is 3.55. The summed E-state index contributed by atoms with van der Waals surface area (Å²) in [6.45, 7) is 2.06. The lowest BCUT2D eigenvalue weighted by molar-refractivity contribution is -0.123. The average molecular weight is 400 g/mol. The van der Waals surface area contributed by atoms with Crippen LogP contribution >= 0.6 is 11.6 Å². The van der Waals surface area contributed by atoms with Crippen molar-refractivity contribution in [2.24, 2.45) is 0 Å². The number of nitrogens with one attached hydrogen (secondary N) is 1. The van der Waals surface area contributed by atoms with E-state index in [1.807, 2.05) is 24.1 Å². The minimum absolute atomic E-state index is 0.0465. The van der Waals surface area contributed by atoms with Crippen LogP contribution in [-0.4, -0.2) is 65.5 Å². The highest BCUT2D eigenvalue weighted by Gasteiger charge is 2.48. The lowest BCUT2D eigenvalue weighted by Crippen LogP contribution is -2.64. The average Bonchev–Trinajstić information content (AvgIpc) is 3.13. The molecule has 2 aromatic rings. The van der Waals surface area contributed by atoms with E-state index < -0.39 is 0 Å². The summed E-state index contributed by atoms with van der Waals surface area (Å²) < 4.78 is 0. The molecule has 1 N–H and O–H groups in total. The number of carbonyl (C=O) groups excluding carboxylic acids is 2. The highest BCUT2D eigenvalue weighted by molar-refractivity contribution is 6.30. The van der Waals surface area contributed by atoms with Gasteiger partial charge in [0.1, 0.15) is 0 Å². The molecule has 0 unspecified atom stereocenters. The van der Waals surface area contributed by atoms with Crippen LogP contribution in [0.2, 0.25) is 5.02 Å². The number of nitrogens with zero attached hydrogens (tertiary/aromatic N) is 4. The van der Waals surface area contributed by atoms with Gasteiger partial charge in [-0.05, 0) is 49.9 Å². The molecule has 2 fully saturated rings. The first kappa shape index (κ1) is 18.7. The van der Waals surface area contributed by atoms with Crippen LogP contribution in [0.4, 0.5) is 16.2 Å². The summed E-state index contributed by atoms with van der Waals surface area (Å²) in [7, 11) is 1.96. The van der Waals surface area contributed by atoms with Gasteiger partial charge in [-0.1, -0.05) is 11.6 Å². The number of urea groups is 1. The Morgan fingerprint density at radius 2 is 2.00 bits per heavy atom. The van der Waals surface area contributed by atoms with E-state index in [1.54, 1.807) is 41.6 Å². The van der Waals surface area contributed by atoms with Crippen molar-refractivity contribution in [1.29, 1.82) is 0 Å². The smallest absolute Gasteiger partial charge is 0.321 e. The molecule has 3 heterocycles. The third kappa shape index (κ3) is 3.55. The number of carbonyl (C=O) groups is 2. The van der Waals surface area contributed by atoms with Crippen molar-refractivity contribution < 1.29 is 9.59 Å². The monoisotopic (exact) mass is 399 g/mol. The molecule has 2 aliphatic rings. The molecule has 1 spiro atoms. The predicted octanol–water partition coefficient (Wildman–Crippen LogP) is 2.69. The van der Waals surface area contributed by atoms with Crippen molar-refractivity contribution in [2.75, 3.05) is 43.4 Å². The fourth-order valence-corrected chi connectivity index (χ4v) is 4.04. The molecule has 146 valence electrons. The van der Waals surface area contributed by atoms with Crippen LogP contribution in [0.15, 0.2) is 48.8 Å². The molecule has 7 nitrogen and oxygen atoms in total. The van der Waals surface area contributed by atoms with E-state index >= 15 is 0 Å². The molecule has 1 atom stereocenters. The van der Waals surface area contributed by atoms with Gasteiger partial charge in [0.05, 0.1) is 24.0 Å². The molecule has 4 rings (SSSR count). The molecule has 0 aliphatic carbocycles. The van der Waals surface area contributed by atoms with Crippen LogP contribution in [0, 0.1) is 0 Å². The van der Waals surface area contributed by atoms with Crippen molar-refractivity contribution in [3.8, 4) is 0 Å². The molecule has 0 saturated carbocycles. The molecule has 0 bridgehead atoms. The molecule has 8 heteroatoms. The fourth-order valence-electron chi connectivity index (χ4n) is 3.91. The second-order valence-electron chi connectivity index (χ2n) is 7.38. The van der Waals surface area contributed by atoms with Crippen LogP contribution in [0.5, 0.6) is 0 Å². The van der Waals surface area contributed by atoms with Gasteiger partial charge in [-0.15, -0.1) is 0 Å². The Labute approximate surface area is 168 Å². The number of hydrogen-bond donors (Lipinski definition) is 1. The van der Waals surface area contributed by atoms with Crippen molar-refractivity contribution >= 4 is 34.9 Å². The van der Waals surface area contributed by atoms with E-state index in [0.29, 0.717) is 36.9 Å². The first-order valence-electron chi connectivity index (χ1n) is 9.20. The molecule has 2 saturated heterocycles. The Hall–Kier alpha value is -2.64. The molecule has 1 aromatic heterocycles. The quantitative estimate of drug-likeness (QED) is 0.843. The van der Waals surface area contributed by atoms with Gasteiger partial charge in [0.15, 0.2) is 0 Å². The number of hydrogen-bond acceptors (Lipinski definition) is 4. The van der Waals surface area contributed by atoms with Gasteiger partial charge < -0.3 is 15.1 Å². The standard InChI is InChI=1S/C20H22ClN5O2/c1-24-12-18(27)26(17-3-2-9-22-11-17)14-20(24)8-10-25(13-20)19(28)23-16-6-4-15(21)5-7-16/h2-7,9,11H,8,10,12-14H2,1H3,(H,23,28)/t20-/m0/s1. The molecule has 0 radical (unpaired) electrons. The minimum atomic E-state index is -0.263. The highest BCUT2D eigenvalue weighted by atomic mass is 35.5. The summed E-state index contributed by atoms with van der Waals surface area (Å²) in [4.78, 5) is 35.1. The molecule has 2 aliphatic heterocycles. The summed E-state index contributed by atoms with van der Waals surface area (Å²) in [5.41, 5.74) is 1.24. The second kappa shape index (κ2) is 7.41. The van der Waals surface area contributed by atoms with Crippen LogP contribution in [0.1, 0.15) is 6.42 Å². The Morgan fingerprint density at radius 3 is 2.71 bits per heavy atom. The van der Waals surface area contributed by atoms with Gasteiger partial charge in [-0.25, -0.2) is 4.79 Å². The number of likely N-dealkylation sites (tertiary alicyclic amines) is 1. The van der Waals surface area contributed by atoms with Crippen molar-refractivity contribution in [3.63, 3.8) is 0 Å². The molecular weight excluding hydrogens is 378 g/mol. The summed E-state index contributed by atoms with van der Waals surface area (Å²) in [6, 6.07) is 10.6. The lowest BCUT2D eigenvalue weighted by atomic mass is 9.92. The van der Waals surface area contributed by atoms with E-state index in [-0.39, 0.29) is 17.5 Å². The number of piperazine rings is 1. The maximum Gasteiger partial charge on any atom is 0.321 e. The third-order valence-electron chi connectivity index (χ3n) is 5.61. The van der Waals surface area contributed by atoms with Gasteiger partial charge in [0.2, 0.25) is 5.91 Å². The van der Waals surface area contributed by atoms with E-state index in [1.165, 1.54) is 0 Å². The minimum Gasteiger partial charge on any atom is -0.323 e. The SMILES string of the molecule is CN1CC(=O)N(c2cccnc2)C[C@@]12CCN(C(=O)Nc1ccc(Cl)cc1)C2. The Morgan fingerprint density at radius 1 is 1.21 bits per heavy atom. The largest absolute Gasteiger partial charge is 0.323 e. The van der Waals surface area contributed by atoms with E-state index in [4.69, 9.17) is 11.6 Å².